The summed E-state index contributed by atoms with van der Waals surface area (Å²) in [7, 11) is 0. The molecule has 1 N–H and O–H groups in total. The number of likely N-dealkylation sites (tertiary alicyclic amines) is 1. The molecule has 1 saturated heterocycles. The molecule has 1 aliphatic heterocycles. The topological polar surface area (TPSA) is 119 Å². The standard InChI is InChI=1S/C18H18N4O5/c23-16(20-10-12-2-1-8-18(12,11-20)17(24)25)15-7-9-21(19-15)13-3-5-14(6-4-13)22(26)27/h3-7,9,12H,1-2,8,10-11H2,(H,24,25)/t12-,18+/m0/s1. The van der Waals surface area contributed by atoms with Gasteiger partial charge in [-0.05, 0) is 37.0 Å². The van der Waals surface area contributed by atoms with Crippen LogP contribution in [0.1, 0.15) is 29.8 Å². The van der Waals surface area contributed by atoms with E-state index in [0.717, 1.165) is 12.8 Å². The van der Waals surface area contributed by atoms with Crippen LogP contribution >= 0.6 is 0 Å². The largest absolute Gasteiger partial charge is 0.481 e. The number of aliphatic carboxylic acids is 1. The number of carbonyl (C=O) groups is 2. The highest BCUT2D eigenvalue weighted by molar-refractivity contribution is 5.93. The second kappa shape index (κ2) is 6.19. The molecule has 9 nitrogen and oxygen atoms in total. The maximum Gasteiger partial charge on any atom is 0.311 e. The first-order chi connectivity index (χ1) is 12.9. The number of rotatable bonds is 4. The molecule has 4 rings (SSSR count). The lowest BCUT2D eigenvalue weighted by Gasteiger charge is -2.23. The summed E-state index contributed by atoms with van der Waals surface area (Å²) in [5.41, 5.74) is -0.0186. The highest BCUT2D eigenvalue weighted by Crippen LogP contribution is 2.49. The number of benzene rings is 1. The van der Waals surface area contributed by atoms with Crippen LogP contribution in [0.15, 0.2) is 36.5 Å². The summed E-state index contributed by atoms with van der Waals surface area (Å²) in [6, 6.07) is 7.43. The van der Waals surface area contributed by atoms with E-state index in [1.54, 1.807) is 29.3 Å². The quantitative estimate of drug-likeness (QED) is 0.650. The molecule has 1 saturated carbocycles. The van der Waals surface area contributed by atoms with Gasteiger partial charge in [-0.3, -0.25) is 19.7 Å². The number of aromatic nitrogens is 2. The minimum atomic E-state index is -0.823. The van der Waals surface area contributed by atoms with Crippen molar-refractivity contribution < 1.29 is 19.6 Å². The van der Waals surface area contributed by atoms with Crippen molar-refractivity contribution in [1.29, 1.82) is 0 Å². The summed E-state index contributed by atoms with van der Waals surface area (Å²) in [6.45, 7) is 0.658. The van der Waals surface area contributed by atoms with E-state index in [1.165, 1.54) is 16.8 Å². The van der Waals surface area contributed by atoms with Crippen LogP contribution in [-0.2, 0) is 4.79 Å². The molecule has 2 fully saturated rings. The number of hydrogen-bond donors (Lipinski definition) is 1. The first-order valence-electron chi connectivity index (χ1n) is 8.74. The van der Waals surface area contributed by atoms with E-state index >= 15 is 0 Å². The van der Waals surface area contributed by atoms with Crippen molar-refractivity contribution in [3.8, 4) is 5.69 Å². The summed E-state index contributed by atoms with van der Waals surface area (Å²) < 4.78 is 1.47. The van der Waals surface area contributed by atoms with E-state index < -0.39 is 16.3 Å². The zero-order valence-electron chi connectivity index (χ0n) is 14.4. The number of carboxylic acids is 1. The fourth-order valence-electron chi connectivity index (χ4n) is 4.26. The molecule has 0 radical (unpaired) electrons. The van der Waals surface area contributed by atoms with Gasteiger partial charge in [0, 0.05) is 31.4 Å². The Hall–Kier alpha value is -3.23. The van der Waals surface area contributed by atoms with Crippen molar-refractivity contribution in [3.63, 3.8) is 0 Å². The second-order valence-corrected chi connectivity index (χ2v) is 7.16. The number of nitrogens with zero attached hydrogens (tertiary/aromatic N) is 4. The molecule has 2 aromatic rings. The molecular formula is C18H18N4O5. The van der Waals surface area contributed by atoms with E-state index in [1.807, 2.05) is 0 Å². The van der Waals surface area contributed by atoms with E-state index in [4.69, 9.17) is 0 Å². The van der Waals surface area contributed by atoms with E-state index in [2.05, 4.69) is 5.10 Å². The fourth-order valence-corrected chi connectivity index (χ4v) is 4.26. The second-order valence-electron chi connectivity index (χ2n) is 7.16. The van der Waals surface area contributed by atoms with E-state index in [9.17, 15) is 24.8 Å². The smallest absolute Gasteiger partial charge is 0.311 e. The maximum atomic E-state index is 12.8. The molecule has 9 heteroatoms. The number of non-ortho nitro benzene ring substituents is 1. The van der Waals surface area contributed by atoms with Crippen molar-refractivity contribution in [2.45, 2.75) is 19.3 Å². The lowest BCUT2D eigenvalue weighted by Crippen LogP contribution is -2.37. The van der Waals surface area contributed by atoms with E-state index in [-0.39, 0.29) is 29.8 Å². The lowest BCUT2D eigenvalue weighted by atomic mass is 9.81. The minimum absolute atomic E-state index is 0.00397. The first-order valence-corrected chi connectivity index (χ1v) is 8.74. The normalized spacial score (nSPS) is 24.0. The Morgan fingerprint density at radius 2 is 2.00 bits per heavy atom. The predicted molar refractivity (Wildman–Crippen MR) is 93.5 cm³/mol. The van der Waals surface area contributed by atoms with Gasteiger partial charge in [-0.1, -0.05) is 6.42 Å². The third-order valence-corrected chi connectivity index (χ3v) is 5.72. The number of nitro groups is 1. The first kappa shape index (κ1) is 17.2. The van der Waals surface area contributed by atoms with Gasteiger partial charge >= 0.3 is 5.97 Å². The van der Waals surface area contributed by atoms with Gasteiger partial charge in [-0.25, -0.2) is 4.68 Å². The number of carboxylic acid groups (broad SMARTS) is 1. The Bertz CT molecular complexity index is 922. The van der Waals surface area contributed by atoms with Crippen molar-refractivity contribution >= 4 is 17.6 Å². The van der Waals surface area contributed by atoms with Crippen LogP contribution in [0.3, 0.4) is 0 Å². The van der Waals surface area contributed by atoms with Crippen LogP contribution in [-0.4, -0.2) is 49.7 Å². The Morgan fingerprint density at radius 3 is 2.63 bits per heavy atom. The van der Waals surface area contributed by atoms with Crippen LogP contribution in [0, 0.1) is 21.4 Å². The molecule has 0 spiro atoms. The molecule has 2 atom stereocenters. The molecule has 2 heterocycles. The highest BCUT2D eigenvalue weighted by atomic mass is 16.6. The van der Waals surface area contributed by atoms with Gasteiger partial charge in [0.15, 0.2) is 5.69 Å². The summed E-state index contributed by atoms with van der Waals surface area (Å²) in [5.74, 6) is -1.11. The molecule has 1 aromatic heterocycles. The van der Waals surface area contributed by atoms with Crippen molar-refractivity contribution in [2.75, 3.05) is 13.1 Å². The van der Waals surface area contributed by atoms with Crippen LogP contribution in [0.4, 0.5) is 5.69 Å². The fraction of sp³-hybridized carbons (Fsp3) is 0.389. The number of amides is 1. The van der Waals surface area contributed by atoms with E-state index in [0.29, 0.717) is 18.7 Å². The summed E-state index contributed by atoms with van der Waals surface area (Å²) in [6.07, 6.45) is 3.92. The zero-order valence-corrected chi connectivity index (χ0v) is 14.4. The highest BCUT2D eigenvalue weighted by Gasteiger charge is 2.56. The van der Waals surface area contributed by atoms with Gasteiger partial charge in [-0.2, -0.15) is 5.10 Å². The Kier molecular flexibility index (Phi) is 3.94. The van der Waals surface area contributed by atoms with Crippen molar-refractivity contribution in [1.82, 2.24) is 14.7 Å². The monoisotopic (exact) mass is 370 g/mol. The van der Waals surface area contributed by atoms with Crippen LogP contribution in [0.25, 0.3) is 5.69 Å². The van der Waals surface area contributed by atoms with Gasteiger partial charge in [0.2, 0.25) is 0 Å². The van der Waals surface area contributed by atoms with Gasteiger partial charge in [0.05, 0.1) is 16.0 Å². The lowest BCUT2D eigenvalue weighted by molar-refractivity contribution is -0.384. The Labute approximate surface area is 154 Å². The van der Waals surface area contributed by atoms with Gasteiger partial charge in [0.1, 0.15) is 0 Å². The Morgan fingerprint density at radius 1 is 1.26 bits per heavy atom. The molecule has 0 bridgehead atoms. The van der Waals surface area contributed by atoms with Crippen LogP contribution in [0.2, 0.25) is 0 Å². The van der Waals surface area contributed by atoms with Gasteiger partial charge < -0.3 is 10.0 Å². The third-order valence-electron chi connectivity index (χ3n) is 5.72. The SMILES string of the molecule is O=C(c1ccn(-c2ccc([N+](=O)[O-])cc2)n1)N1C[C@@H]2CCC[C@@]2(C(=O)O)C1. The summed E-state index contributed by atoms with van der Waals surface area (Å²) in [5, 5.41) is 24.7. The predicted octanol–water partition coefficient (Wildman–Crippen LogP) is 2.11. The molecule has 2 aliphatic rings. The maximum absolute atomic E-state index is 12.8. The number of hydrogen-bond acceptors (Lipinski definition) is 5. The van der Waals surface area contributed by atoms with Crippen LogP contribution in [0.5, 0.6) is 0 Å². The molecule has 1 amide bonds. The molecule has 1 aliphatic carbocycles. The molecule has 1 aromatic carbocycles. The summed E-state index contributed by atoms with van der Waals surface area (Å²) >= 11 is 0. The molecule has 0 unspecified atom stereocenters. The number of carbonyl (C=O) groups excluding carboxylic acids is 1. The van der Waals surface area contributed by atoms with Crippen LogP contribution < -0.4 is 0 Å². The zero-order chi connectivity index (χ0) is 19.2. The molecule has 27 heavy (non-hydrogen) atoms. The third kappa shape index (κ3) is 2.75. The number of nitro benzene ring substituents is 1. The van der Waals surface area contributed by atoms with Gasteiger partial charge in [0.25, 0.3) is 11.6 Å². The Balaban J connectivity index is 1.53. The van der Waals surface area contributed by atoms with Gasteiger partial charge in [-0.15, -0.1) is 0 Å². The van der Waals surface area contributed by atoms with Crippen molar-refractivity contribution in [2.24, 2.45) is 11.3 Å². The average molecular weight is 370 g/mol. The molecular weight excluding hydrogens is 352 g/mol. The average Bonchev–Trinajstić information content (AvgIpc) is 3.35. The van der Waals surface area contributed by atoms with Crippen molar-refractivity contribution in [3.05, 3.63) is 52.3 Å². The molecule has 140 valence electrons. The number of fused-ring (bicyclic) bond motifs is 1. The minimum Gasteiger partial charge on any atom is -0.481 e. The summed E-state index contributed by atoms with van der Waals surface area (Å²) in [4.78, 5) is 36.4.